The summed E-state index contributed by atoms with van der Waals surface area (Å²) in [6, 6.07) is 3.59. The van der Waals surface area contributed by atoms with Crippen molar-refractivity contribution >= 4 is 11.6 Å². The Bertz CT molecular complexity index is 484. The van der Waals surface area contributed by atoms with Gasteiger partial charge < -0.3 is 5.32 Å². The standard InChI is InChI=1S/C17H25ClFN/c1-5-20-16(13-7-6-8-17(13,3)4)12-9-11(2)15(19)10-14(12)18/h9-10,13,16,20H,5-8H2,1-4H3. The lowest BCUT2D eigenvalue weighted by Gasteiger charge is -2.35. The van der Waals surface area contributed by atoms with E-state index < -0.39 is 0 Å². The molecule has 0 saturated heterocycles. The third-order valence-electron chi connectivity index (χ3n) is 4.78. The van der Waals surface area contributed by atoms with Gasteiger partial charge in [-0.3, -0.25) is 0 Å². The summed E-state index contributed by atoms with van der Waals surface area (Å²) in [4.78, 5) is 0. The first-order chi connectivity index (χ1) is 9.36. The van der Waals surface area contributed by atoms with E-state index in [2.05, 4.69) is 26.1 Å². The van der Waals surface area contributed by atoms with E-state index in [4.69, 9.17) is 11.6 Å². The van der Waals surface area contributed by atoms with Crippen LogP contribution in [0.1, 0.15) is 57.2 Å². The van der Waals surface area contributed by atoms with Crippen molar-refractivity contribution in [3.63, 3.8) is 0 Å². The molecule has 1 aromatic carbocycles. The van der Waals surface area contributed by atoms with Crippen LogP contribution in [0.4, 0.5) is 4.39 Å². The molecule has 1 nitrogen and oxygen atoms in total. The Hall–Kier alpha value is -0.600. The smallest absolute Gasteiger partial charge is 0.127 e. The van der Waals surface area contributed by atoms with E-state index in [0.29, 0.717) is 21.9 Å². The van der Waals surface area contributed by atoms with Crippen molar-refractivity contribution in [1.29, 1.82) is 0 Å². The monoisotopic (exact) mass is 297 g/mol. The highest BCUT2D eigenvalue weighted by Gasteiger charge is 2.40. The number of nitrogens with one attached hydrogen (secondary N) is 1. The quantitative estimate of drug-likeness (QED) is 0.799. The minimum atomic E-state index is -0.223. The highest BCUT2D eigenvalue weighted by atomic mass is 35.5. The van der Waals surface area contributed by atoms with Crippen molar-refractivity contribution in [3.8, 4) is 0 Å². The van der Waals surface area contributed by atoms with E-state index in [1.807, 2.05) is 6.07 Å². The highest BCUT2D eigenvalue weighted by Crippen LogP contribution is 2.49. The molecule has 0 radical (unpaired) electrons. The molecule has 1 saturated carbocycles. The molecule has 1 fully saturated rings. The fourth-order valence-electron chi connectivity index (χ4n) is 3.58. The summed E-state index contributed by atoms with van der Waals surface area (Å²) in [7, 11) is 0. The van der Waals surface area contributed by atoms with Gasteiger partial charge in [0, 0.05) is 11.1 Å². The van der Waals surface area contributed by atoms with E-state index in [9.17, 15) is 4.39 Å². The van der Waals surface area contributed by atoms with Crippen molar-refractivity contribution in [3.05, 3.63) is 34.1 Å². The van der Waals surface area contributed by atoms with Crippen molar-refractivity contribution in [2.45, 2.75) is 53.0 Å². The molecule has 1 aliphatic carbocycles. The van der Waals surface area contributed by atoms with Crippen LogP contribution in [0.25, 0.3) is 0 Å². The van der Waals surface area contributed by atoms with Crippen molar-refractivity contribution in [2.24, 2.45) is 11.3 Å². The number of hydrogen-bond donors (Lipinski definition) is 1. The summed E-state index contributed by atoms with van der Waals surface area (Å²) in [6.07, 6.45) is 3.71. The van der Waals surface area contributed by atoms with E-state index in [1.165, 1.54) is 25.3 Å². The third kappa shape index (κ3) is 3.01. The molecule has 0 spiro atoms. The molecule has 0 aromatic heterocycles. The molecule has 0 aliphatic heterocycles. The van der Waals surface area contributed by atoms with Gasteiger partial charge in [0.2, 0.25) is 0 Å². The number of hydrogen-bond acceptors (Lipinski definition) is 1. The van der Waals surface area contributed by atoms with Crippen LogP contribution < -0.4 is 5.32 Å². The lowest BCUT2D eigenvalue weighted by atomic mass is 9.75. The molecule has 1 N–H and O–H groups in total. The van der Waals surface area contributed by atoms with Gasteiger partial charge in [0.15, 0.2) is 0 Å². The van der Waals surface area contributed by atoms with Crippen LogP contribution in [0, 0.1) is 24.1 Å². The minimum Gasteiger partial charge on any atom is -0.310 e. The molecular weight excluding hydrogens is 273 g/mol. The van der Waals surface area contributed by atoms with Gasteiger partial charge >= 0.3 is 0 Å². The third-order valence-corrected chi connectivity index (χ3v) is 5.11. The van der Waals surface area contributed by atoms with Crippen LogP contribution in [0.3, 0.4) is 0 Å². The summed E-state index contributed by atoms with van der Waals surface area (Å²) >= 11 is 6.32. The Morgan fingerprint density at radius 3 is 2.70 bits per heavy atom. The van der Waals surface area contributed by atoms with Crippen LogP contribution in [-0.2, 0) is 0 Å². The van der Waals surface area contributed by atoms with E-state index in [1.54, 1.807) is 6.92 Å². The molecule has 112 valence electrons. The number of rotatable bonds is 4. The summed E-state index contributed by atoms with van der Waals surface area (Å²) in [5, 5.41) is 4.12. The average molecular weight is 298 g/mol. The number of aryl methyl sites for hydroxylation is 1. The van der Waals surface area contributed by atoms with Crippen LogP contribution in [0.15, 0.2) is 12.1 Å². The van der Waals surface area contributed by atoms with Gasteiger partial charge in [-0.25, -0.2) is 4.39 Å². The predicted molar refractivity (Wildman–Crippen MR) is 83.7 cm³/mol. The maximum Gasteiger partial charge on any atom is 0.127 e. The maximum atomic E-state index is 13.6. The van der Waals surface area contributed by atoms with E-state index >= 15 is 0 Å². The Kier molecular flexibility index (Phi) is 4.76. The number of halogens is 2. The summed E-state index contributed by atoms with van der Waals surface area (Å²) < 4.78 is 13.6. The van der Waals surface area contributed by atoms with Gasteiger partial charge in [-0.1, -0.05) is 44.9 Å². The van der Waals surface area contributed by atoms with Crippen LogP contribution in [0.5, 0.6) is 0 Å². The summed E-state index contributed by atoms with van der Waals surface area (Å²) in [5.74, 6) is 0.324. The molecule has 3 heteroatoms. The van der Waals surface area contributed by atoms with Crippen LogP contribution >= 0.6 is 11.6 Å². The molecule has 20 heavy (non-hydrogen) atoms. The average Bonchev–Trinajstić information content (AvgIpc) is 2.71. The fourth-order valence-corrected chi connectivity index (χ4v) is 3.85. The molecule has 2 rings (SSSR count). The Balaban J connectivity index is 2.41. The molecule has 1 aliphatic rings. The largest absolute Gasteiger partial charge is 0.310 e. The van der Waals surface area contributed by atoms with Crippen molar-refractivity contribution < 1.29 is 4.39 Å². The zero-order valence-corrected chi connectivity index (χ0v) is 13.6. The first-order valence-electron chi connectivity index (χ1n) is 7.55. The summed E-state index contributed by atoms with van der Waals surface area (Å²) in [5.41, 5.74) is 2.02. The molecule has 2 unspecified atom stereocenters. The zero-order valence-electron chi connectivity index (χ0n) is 12.9. The molecule has 1 aromatic rings. The first kappa shape index (κ1) is 15.8. The first-order valence-corrected chi connectivity index (χ1v) is 7.93. The van der Waals surface area contributed by atoms with Gasteiger partial charge in [0.05, 0.1) is 0 Å². The lowest BCUT2D eigenvalue weighted by molar-refractivity contribution is 0.199. The normalized spacial score (nSPS) is 23.0. The van der Waals surface area contributed by atoms with Crippen LogP contribution in [0.2, 0.25) is 5.02 Å². The maximum absolute atomic E-state index is 13.6. The molecule has 0 amide bonds. The molecule has 2 atom stereocenters. The van der Waals surface area contributed by atoms with Crippen LogP contribution in [-0.4, -0.2) is 6.54 Å². The van der Waals surface area contributed by atoms with Gasteiger partial charge in [0.1, 0.15) is 5.82 Å². The Morgan fingerprint density at radius 1 is 1.45 bits per heavy atom. The van der Waals surface area contributed by atoms with Gasteiger partial charge in [-0.2, -0.15) is 0 Å². The molecule has 0 bridgehead atoms. The second-order valence-corrected chi connectivity index (χ2v) is 7.05. The van der Waals surface area contributed by atoms with E-state index in [0.717, 1.165) is 12.1 Å². The Morgan fingerprint density at radius 2 is 2.15 bits per heavy atom. The fraction of sp³-hybridized carbons (Fsp3) is 0.647. The minimum absolute atomic E-state index is 0.212. The topological polar surface area (TPSA) is 12.0 Å². The summed E-state index contributed by atoms with van der Waals surface area (Å²) in [6.45, 7) is 9.47. The number of benzene rings is 1. The van der Waals surface area contributed by atoms with Crippen molar-refractivity contribution in [2.75, 3.05) is 6.54 Å². The highest BCUT2D eigenvalue weighted by molar-refractivity contribution is 6.31. The Labute approximate surface area is 126 Å². The second kappa shape index (κ2) is 6.03. The predicted octanol–water partition coefficient (Wildman–Crippen LogP) is 5.26. The van der Waals surface area contributed by atoms with E-state index in [-0.39, 0.29) is 11.9 Å². The second-order valence-electron chi connectivity index (χ2n) is 6.65. The van der Waals surface area contributed by atoms with Gasteiger partial charge in [0.25, 0.3) is 0 Å². The zero-order chi connectivity index (χ0) is 14.9. The molecule has 0 heterocycles. The lowest BCUT2D eigenvalue weighted by Crippen LogP contribution is -2.34. The van der Waals surface area contributed by atoms with Gasteiger partial charge in [-0.15, -0.1) is 0 Å². The SMILES string of the molecule is CCNC(c1cc(C)c(F)cc1Cl)C1CCCC1(C)C. The molecular formula is C17H25ClFN. The van der Waals surface area contributed by atoms with Crippen molar-refractivity contribution in [1.82, 2.24) is 5.32 Å². The van der Waals surface area contributed by atoms with Gasteiger partial charge in [-0.05, 0) is 54.8 Å².